The van der Waals surface area contributed by atoms with Crippen molar-refractivity contribution in [2.45, 2.75) is 6.54 Å². The average Bonchev–Trinajstić information content (AvgIpc) is 2.55. The third kappa shape index (κ3) is 4.66. The zero-order chi connectivity index (χ0) is 17.7. The third-order valence-electron chi connectivity index (χ3n) is 3.86. The molecule has 128 valence electrons. The van der Waals surface area contributed by atoms with Crippen LogP contribution in [0.3, 0.4) is 0 Å². The molecule has 2 rings (SSSR count). The SMILES string of the molecule is CN(Cc1ccccc1-c1ccccc1)C(=O)CN(C)S(C)(=O)=O. The van der Waals surface area contributed by atoms with Gasteiger partial charge in [-0.3, -0.25) is 4.79 Å². The van der Waals surface area contributed by atoms with E-state index in [2.05, 4.69) is 0 Å². The van der Waals surface area contributed by atoms with E-state index < -0.39 is 10.0 Å². The van der Waals surface area contributed by atoms with E-state index in [1.54, 1.807) is 11.9 Å². The summed E-state index contributed by atoms with van der Waals surface area (Å²) >= 11 is 0. The van der Waals surface area contributed by atoms with Crippen molar-refractivity contribution in [1.29, 1.82) is 0 Å². The molecule has 0 aliphatic carbocycles. The van der Waals surface area contributed by atoms with Crippen LogP contribution in [-0.4, -0.2) is 50.4 Å². The summed E-state index contributed by atoms with van der Waals surface area (Å²) in [6.45, 7) is 0.254. The second-order valence-electron chi connectivity index (χ2n) is 5.79. The lowest BCUT2D eigenvalue weighted by molar-refractivity contribution is -0.130. The van der Waals surface area contributed by atoms with Crippen molar-refractivity contribution < 1.29 is 13.2 Å². The maximum atomic E-state index is 12.3. The quantitative estimate of drug-likeness (QED) is 0.806. The Morgan fingerprint density at radius 1 is 0.958 bits per heavy atom. The highest BCUT2D eigenvalue weighted by Gasteiger charge is 2.18. The Kier molecular flexibility index (Phi) is 5.75. The summed E-state index contributed by atoms with van der Waals surface area (Å²) < 4.78 is 23.9. The minimum absolute atomic E-state index is 0.164. The highest BCUT2D eigenvalue weighted by atomic mass is 32.2. The van der Waals surface area contributed by atoms with Gasteiger partial charge >= 0.3 is 0 Å². The van der Waals surface area contributed by atoms with E-state index in [9.17, 15) is 13.2 Å². The fourth-order valence-electron chi connectivity index (χ4n) is 2.33. The number of rotatable bonds is 6. The molecular weight excluding hydrogens is 324 g/mol. The molecule has 0 atom stereocenters. The zero-order valence-electron chi connectivity index (χ0n) is 14.1. The molecule has 0 N–H and O–H groups in total. The second-order valence-corrected chi connectivity index (χ2v) is 7.88. The Balaban J connectivity index is 2.15. The zero-order valence-corrected chi connectivity index (χ0v) is 15.0. The Bertz CT molecular complexity index is 804. The molecule has 0 aliphatic rings. The minimum Gasteiger partial charge on any atom is -0.340 e. The molecule has 0 aromatic heterocycles. The predicted octanol–water partition coefficient (Wildman–Crippen LogP) is 2.20. The van der Waals surface area contributed by atoms with Crippen LogP contribution < -0.4 is 0 Å². The van der Waals surface area contributed by atoms with Gasteiger partial charge in [0.2, 0.25) is 15.9 Å². The van der Waals surface area contributed by atoms with Crippen LogP contribution in [0.5, 0.6) is 0 Å². The number of sulfonamides is 1. The fraction of sp³-hybridized carbons (Fsp3) is 0.278. The Morgan fingerprint density at radius 3 is 2.17 bits per heavy atom. The molecule has 0 saturated carbocycles. The molecule has 0 fully saturated rings. The number of hydrogen-bond donors (Lipinski definition) is 0. The topological polar surface area (TPSA) is 57.7 Å². The lowest BCUT2D eigenvalue weighted by atomic mass is 9.99. The van der Waals surface area contributed by atoms with E-state index in [-0.39, 0.29) is 12.5 Å². The standard InChI is InChI=1S/C18H22N2O3S/c1-19(18(21)14-20(2)24(3,22)23)13-16-11-7-8-12-17(16)15-9-5-4-6-10-15/h4-12H,13-14H2,1-3H3. The number of hydrogen-bond acceptors (Lipinski definition) is 3. The summed E-state index contributed by atoms with van der Waals surface area (Å²) in [6, 6.07) is 17.9. The van der Waals surface area contributed by atoms with E-state index in [0.29, 0.717) is 6.54 Å². The molecule has 0 heterocycles. The molecule has 5 nitrogen and oxygen atoms in total. The van der Waals surface area contributed by atoms with E-state index in [1.807, 2.05) is 54.6 Å². The van der Waals surface area contributed by atoms with Gasteiger partial charge in [0.1, 0.15) is 0 Å². The highest BCUT2D eigenvalue weighted by Crippen LogP contribution is 2.24. The van der Waals surface area contributed by atoms with Crippen molar-refractivity contribution in [2.24, 2.45) is 0 Å². The van der Waals surface area contributed by atoms with Crippen molar-refractivity contribution in [2.75, 3.05) is 26.9 Å². The van der Waals surface area contributed by atoms with Crippen LogP contribution in [0.4, 0.5) is 0 Å². The largest absolute Gasteiger partial charge is 0.340 e. The minimum atomic E-state index is -3.37. The van der Waals surface area contributed by atoms with Crippen molar-refractivity contribution in [3.8, 4) is 11.1 Å². The van der Waals surface area contributed by atoms with Crippen LogP contribution in [0.15, 0.2) is 54.6 Å². The monoisotopic (exact) mass is 346 g/mol. The van der Waals surface area contributed by atoms with Crippen molar-refractivity contribution in [1.82, 2.24) is 9.21 Å². The molecular formula is C18H22N2O3S. The number of carbonyl (C=O) groups excluding carboxylic acids is 1. The van der Waals surface area contributed by atoms with E-state index in [0.717, 1.165) is 27.3 Å². The Labute approximate surface area is 143 Å². The van der Waals surface area contributed by atoms with Gasteiger partial charge in [0.15, 0.2) is 0 Å². The average molecular weight is 346 g/mol. The molecule has 0 unspecified atom stereocenters. The first-order chi connectivity index (χ1) is 11.3. The lowest BCUT2D eigenvalue weighted by Crippen LogP contribution is -2.38. The number of nitrogens with zero attached hydrogens (tertiary/aromatic N) is 2. The number of amides is 1. The van der Waals surface area contributed by atoms with Gasteiger partial charge in [-0.05, 0) is 16.7 Å². The molecule has 2 aromatic rings. The molecule has 0 bridgehead atoms. The van der Waals surface area contributed by atoms with Crippen LogP contribution in [-0.2, 0) is 21.4 Å². The van der Waals surface area contributed by atoms with Gasteiger partial charge in [0, 0.05) is 20.6 Å². The summed E-state index contributed by atoms with van der Waals surface area (Å²) in [7, 11) is -0.287. The van der Waals surface area contributed by atoms with Gasteiger partial charge in [-0.1, -0.05) is 54.6 Å². The van der Waals surface area contributed by atoms with Crippen molar-refractivity contribution in [3.63, 3.8) is 0 Å². The summed E-state index contributed by atoms with van der Waals surface area (Å²) in [5.41, 5.74) is 3.16. The van der Waals surface area contributed by atoms with E-state index >= 15 is 0 Å². The molecule has 1 amide bonds. The van der Waals surface area contributed by atoms with Crippen molar-refractivity contribution >= 4 is 15.9 Å². The number of likely N-dealkylation sites (N-methyl/N-ethyl adjacent to an activating group) is 2. The van der Waals surface area contributed by atoms with Crippen molar-refractivity contribution in [3.05, 3.63) is 60.2 Å². The first kappa shape index (κ1) is 18.2. The van der Waals surface area contributed by atoms with Gasteiger partial charge in [-0.15, -0.1) is 0 Å². The summed E-state index contributed by atoms with van der Waals surface area (Å²) in [5, 5.41) is 0. The van der Waals surface area contributed by atoms with Gasteiger partial charge in [0.25, 0.3) is 0 Å². The maximum absolute atomic E-state index is 12.3. The smallest absolute Gasteiger partial charge is 0.237 e. The predicted molar refractivity (Wildman–Crippen MR) is 95.8 cm³/mol. The summed E-state index contributed by atoms with van der Waals surface area (Å²) in [5.74, 6) is -0.245. The first-order valence-corrected chi connectivity index (χ1v) is 9.42. The van der Waals surface area contributed by atoms with Crippen LogP contribution in [0.25, 0.3) is 11.1 Å². The molecule has 0 saturated heterocycles. The van der Waals surface area contributed by atoms with Crippen LogP contribution in [0, 0.1) is 0 Å². The van der Waals surface area contributed by atoms with Gasteiger partial charge in [0.05, 0.1) is 12.8 Å². The molecule has 6 heteroatoms. The van der Waals surface area contributed by atoms with Crippen LogP contribution in [0.1, 0.15) is 5.56 Å². The maximum Gasteiger partial charge on any atom is 0.237 e. The first-order valence-electron chi connectivity index (χ1n) is 7.57. The second kappa shape index (κ2) is 7.59. The summed E-state index contributed by atoms with van der Waals surface area (Å²) in [4.78, 5) is 13.8. The van der Waals surface area contributed by atoms with E-state index in [4.69, 9.17) is 0 Å². The molecule has 2 aromatic carbocycles. The van der Waals surface area contributed by atoms with E-state index in [1.165, 1.54) is 7.05 Å². The number of benzene rings is 2. The van der Waals surface area contributed by atoms with Crippen LogP contribution >= 0.6 is 0 Å². The Hall–Kier alpha value is -2.18. The van der Waals surface area contributed by atoms with Gasteiger partial charge < -0.3 is 4.90 Å². The fourth-order valence-corrected chi connectivity index (χ4v) is 2.67. The van der Waals surface area contributed by atoms with Crippen LogP contribution in [0.2, 0.25) is 0 Å². The van der Waals surface area contributed by atoms with Gasteiger partial charge in [-0.25, -0.2) is 8.42 Å². The lowest BCUT2D eigenvalue weighted by Gasteiger charge is -2.22. The van der Waals surface area contributed by atoms with Gasteiger partial charge in [-0.2, -0.15) is 4.31 Å². The molecule has 0 spiro atoms. The normalized spacial score (nSPS) is 11.5. The number of carbonyl (C=O) groups is 1. The molecule has 0 radical (unpaired) electrons. The summed E-state index contributed by atoms with van der Waals surface area (Å²) in [6.07, 6.45) is 1.09. The molecule has 0 aliphatic heterocycles. The third-order valence-corrected chi connectivity index (χ3v) is 5.12. The molecule has 24 heavy (non-hydrogen) atoms. The highest BCUT2D eigenvalue weighted by molar-refractivity contribution is 7.88. The Morgan fingerprint density at radius 2 is 1.54 bits per heavy atom.